The van der Waals surface area contributed by atoms with Gasteiger partial charge in [-0.25, -0.2) is 0 Å². The van der Waals surface area contributed by atoms with Crippen LogP contribution in [0.1, 0.15) is 24.8 Å². The van der Waals surface area contributed by atoms with Crippen molar-refractivity contribution in [3.8, 4) is 6.01 Å². The molecule has 1 unspecified atom stereocenters. The molecule has 2 heterocycles. The minimum absolute atomic E-state index is 0.116. The highest BCUT2D eigenvalue weighted by molar-refractivity contribution is 6.35. The maximum absolute atomic E-state index is 11.1. The van der Waals surface area contributed by atoms with Gasteiger partial charge >= 0.3 is 12.0 Å². The van der Waals surface area contributed by atoms with E-state index in [0.717, 1.165) is 30.8 Å². The molecule has 1 aromatic heterocycles. The minimum Gasteiger partial charge on any atom is -0.481 e. The summed E-state index contributed by atoms with van der Waals surface area (Å²) in [5.74, 6) is 0.738. The van der Waals surface area contributed by atoms with Crippen LogP contribution in [0.4, 0.5) is 11.6 Å². The van der Waals surface area contributed by atoms with E-state index in [4.69, 9.17) is 33.0 Å². The fourth-order valence-electron chi connectivity index (χ4n) is 3.49. The topological polar surface area (TPSA) is 87.6 Å². The molecule has 9 heteroatoms. The van der Waals surface area contributed by atoms with Crippen LogP contribution in [-0.4, -0.2) is 47.8 Å². The van der Waals surface area contributed by atoms with Crippen molar-refractivity contribution < 1.29 is 14.6 Å². The second-order valence-electron chi connectivity index (χ2n) is 7.06. The number of halogens is 2. The van der Waals surface area contributed by atoms with Crippen LogP contribution >= 0.6 is 23.2 Å². The number of rotatable bonds is 8. The number of aliphatic carboxylic acids is 1. The molecule has 1 aromatic carbocycles. The zero-order valence-electron chi connectivity index (χ0n) is 16.2. The third-order valence-corrected chi connectivity index (χ3v) is 5.48. The van der Waals surface area contributed by atoms with Crippen molar-refractivity contribution >= 4 is 40.8 Å². The van der Waals surface area contributed by atoms with E-state index < -0.39 is 5.97 Å². The average Bonchev–Trinajstić information content (AvgIpc) is 2.69. The Labute approximate surface area is 180 Å². The number of ether oxygens (including phenoxy) is 1. The van der Waals surface area contributed by atoms with Gasteiger partial charge in [-0.3, -0.25) is 4.79 Å². The number of benzene rings is 1. The number of aromatic nitrogens is 2. The van der Waals surface area contributed by atoms with E-state index in [1.54, 1.807) is 6.07 Å². The van der Waals surface area contributed by atoms with Gasteiger partial charge in [0.15, 0.2) is 0 Å². The third kappa shape index (κ3) is 6.11. The van der Waals surface area contributed by atoms with Crippen LogP contribution in [0.2, 0.25) is 10.0 Å². The summed E-state index contributed by atoms with van der Waals surface area (Å²) in [5, 5.41) is 13.6. The molecule has 0 bridgehead atoms. The summed E-state index contributed by atoms with van der Waals surface area (Å²) in [6.07, 6.45) is 2.73. The van der Waals surface area contributed by atoms with Crippen molar-refractivity contribution in [3.05, 3.63) is 39.9 Å². The molecule has 1 fully saturated rings. The maximum atomic E-state index is 11.1. The molecule has 0 amide bonds. The number of piperidine rings is 1. The van der Waals surface area contributed by atoms with Crippen LogP contribution in [0.15, 0.2) is 24.3 Å². The Morgan fingerprint density at radius 2 is 2.17 bits per heavy atom. The predicted molar refractivity (Wildman–Crippen MR) is 114 cm³/mol. The molecule has 0 saturated carbocycles. The van der Waals surface area contributed by atoms with Gasteiger partial charge in [-0.2, -0.15) is 9.97 Å². The van der Waals surface area contributed by atoms with Gasteiger partial charge in [0, 0.05) is 42.2 Å². The highest BCUT2D eigenvalue weighted by Crippen LogP contribution is 2.27. The number of nitrogens with zero attached hydrogens (tertiary/aromatic N) is 3. The molecule has 156 valence electrons. The monoisotopic (exact) mass is 438 g/mol. The number of nitrogens with one attached hydrogen (secondary N) is 1. The Kier molecular flexibility index (Phi) is 7.39. The van der Waals surface area contributed by atoms with Crippen molar-refractivity contribution in [3.63, 3.8) is 0 Å². The highest BCUT2D eigenvalue weighted by atomic mass is 35.5. The maximum Gasteiger partial charge on any atom is 0.320 e. The van der Waals surface area contributed by atoms with Gasteiger partial charge in [0.2, 0.25) is 0 Å². The molecule has 7 nitrogen and oxygen atoms in total. The Morgan fingerprint density at radius 3 is 2.90 bits per heavy atom. The number of carboxylic acids is 1. The van der Waals surface area contributed by atoms with Crippen LogP contribution < -0.4 is 15.0 Å². The Hall–Kier alpha value is -2.25. The number of carbonyl (C=O) groups is 1. The molecule has 1 aliphatic heterocycles. The van der Waals surface area contributed by atoms with Gasteiger partial charge in [-0.1, -0.05) is 29.3 Å². The van der Waals surface area contributed by atoms with E-state index in [2.05, 4.69) is 20.2 Å². The largest absolute Gasteiger partial charge is 0.481 e. The normalized spacial score (nSPS) is 16.5. The predicted octanol–water partition coefficient (Wildman–Crippen LogP) is 4.14. The lowest BCUT2D eigenvalue weighted by molar-refractivity contribution is -0.138. The lowest BCUT2D eigenvalue weighted by Gasteiger charge is -2.33. The molecular weight excluding hydrogens is 415 g/mol. The van der Waals surface area contributed by atoms with Crippen molar-refractivity contribution in [1.82, 2.24) is 9.97 Å². The van der Waals surface area contributed by atoms with Gasteiger partial charge in [0.25, 0.3) is 0 Å². The van der Waals surface area contributed by atoms with Crippen LogP contribution in [-0.2, 0) is 11.2 Å². The van der Waals surface area contributed by atoms with Crippen LogP contribution in [0.3, 0.4) is 0 Å². The second kappa shape index (κ2) is 9.98. The minimum atomic E-state index is -0.764. The van der Waals surface area contributed by atoms with Gasteiger partial charge in [-0.05, 0) is 42.9 Å². The van der Waals surface area contributed by atoms with Gasteiger partial charge in [0.1, 0.15) is 11.6 Å². The molecule has 0 aliphatic carbocycles. The van der Waals surface area contributed by atoms with Crippen molar-refractivity contribution in [2.75, 3.05) is 37.0 Å². The van der Waals surface area contributed by atoms with Crippen LogP contribution in [0.25, 0.3) is 0 Å². The summed E-state index contributed by atoms with van der Waals surface area (Å²) in [5.41, 5.74) is 0.998. The first-order valence-electron chi connectivity index (χ1n) is 9.52. The van der Waals surface area contributed by atoms with Crippen molar-refractivity contribution in [2.24, 2.45) is 5.92 Å². The Bertz CT molecular complexity index is 866. The van der Waals surface area contributed by atoms with E-state index in [1.807, 2.05) is 18.2 Å². The number of anilines is 2. The zero-order chi connectivity index (χ0) is 20.8. The number of methoxy groups -OCH3 is 1. The van der Waals surface area contributed by atoms with Gasteiger partial charge in [0.05, 0.1) is 7.11 Å². The molecule has 1 atom stereocenters. The van der Waals surface area contributed by atoms with Crippen LogP contribution in [0, 0.1) is 5.92 Å². The van der Waals surface area contributed by atoms with E-state index >= 15 is 0 Å². The summed E-state index contributed by atoms with van der Waals surface area (Å²) in [6, 6.07) is 7.60. The quantitative estimate of drug-likeness (QED) is 0.639. The first-order chi connectivity index (χ1) is 13.9. The Morgan fingerprint density at radius 1 is 1.34 bits per heavy atom. The fourth-order valence-corrected chi connectivity index (χ4v) is 4.00. The van der Waals surface area contributed by atoms with Gasteiger partial charge in [-0.15, -0.1) is 0 Å². The second-order valence-corrected chi connectivity index (χ2v) is 7.91. The fraction of sp³-hybridized carbons (Fsp3) is 0.450. The number of hydrogen-bond donors (Lipinski definition) is 2. The first kappa shape index (κ1) is 21.5. The molecular formula is C20H24Cl2N4O3. The molecule has 2 N–H and O–H groups in total. The summed E-state index contributed by atoms with van der Waals surface area (Å²) in [4.78, 5) is 22.0. The lowest BCUT2D eigenvalue weighted by Crippen LogP contribution is -2.37. The summed E-state index contributed by atoms with van der Waals surface area (Å²) < 4.78 is 5.26. The summed E-state index contributed by atoms with van der Waals surface area (Å²) in [6.45, 7) is 2.12. The molecule has 0 spiro atoms. The average molecular weight is 439 g/mol. The molecule has 29 heavy (non-hydrogen) atoms. The summed E-state index contributed by atoms with van der Waals surface area (Å²) in [7, 11) is 1.53. The van der Waals surface area contributed by atoms with Crippen molar-refractivity contribution in [2.45, 2.75) is 25.7 Å². The molecule has 3 rings (SSSR count). The van der Waals surface area contributed by atoms with E-state index in [-0.39, 0.29) is 18.3 Å². The number of carboxylic acid groups (broad SMARTS) is 1. The molecule has 1 aliphatic rings. The third-order valence-electron chi connectivity index (χ3n) is 4.90. The molecule has 0 radical (unpaired) electrons. The van der Waals surface area contributed by atoms with Crippen LogP contribution in [0.5, 0.6) is 6.01 Å². The SMILES string of the molecule is COc1nc(NCCc2ccc(Cl)cc2Cl)cc(N2CCCC(CC(=O)O)C2)n1. The molecule has 1 saturated heterocycles. The van der Waals surface area contributed by atoms with E-state index in [9.17, 15) is 4.79 Å². The lowest BCUT2D eigenvalue weighted by atomic mass is 9.95. The van der Waals surface area contributed by atoms with E-state index in [1.165, 1.54) is 7.11 Å². The standard InChI is InChI=1S/C20H24Cl2N4O3/c1-29-20-24-17(23-7-6-14-4-5-15(21)10-16(14)22)11-18(25-20)26-8-2-3-13(12-26)9-19(27)28/h4-5,10-11,13H,2-3,6-9,12H2,1H3,(H,27,28)(H,23,24,25). The van der Waals surface area contributed by atoms with Gasteiger partial charge < -0.3 is 20.1 Å². The molecule has 2 aromatic rings. The first-order valence-corrected chi connectivity index (χ1v) is 10.3. The van der Waals surface area contributed by atoms with Crippen molar-refractivity contribution in [1.29, 1.82) is 0 Å². The zero-order valence-corrected chi connectivity index (χ0v) is 17.7. The smallest absolute Gasteiger partial charge is 0.320 e. The Balaban J connectivity index is 1.67. The van der Waals surface area contributed by atoms with E-state index in [0.29, 0.717) is 35.4 Å². The highest BCUT2D eigenvalue weighted by Gasteiger charge is 2.24. The number of hydrogen-bond acceptors (Lipinski definition) is 6. The summed E-state index contributed by atoms with van der Waals surface area (Å²) >= 11 is 12.2.